The Morgan fingerprint density at radius 3 is 2.65 bits per heavy atom. The molecule has 2 aromatic heterocycles. The molecule has 0 saturated carbocycles. The summed E-state index contributed by atoms with van der Waals surface area (Å²) >= 11 is 0. The van der Waals surface area contributed by atoms with E-state index in [1.54, 1.807) is 6.92 Å². The van der Waals surface area contributed by atoms with Crippen LogP contribution in [0.3, 0.4) is 0 Å². The quantitative estimate of drug-likeness (QED) is 0.937. The highest BCUT2D eigenvalue weighted by atomic mass is 19.4. The van der Waals surface area contributed by atoms with Gasteiger partial charge in [-0.25, -0.2) is 4.98 Å². The summed E-state index contributed by atoms with van der Waals surface area (Å²) in [6.07, 6.45) is -3.15. The van der Waals surface area contributed by atoms with Crippen molar-refractivity contribution in [3.8, 4) is 11.4 Å². The fraction of sp³-hybridized carbons (Fsp3) is 0.273. The summed E-state index contributed by atoms with van der Waals surface area (Å²) in [6.45, 7) is 1.68. The van der Waals surface area contributed by atoms with Crippen molar-refractivity contribution in [3.05, 3.63) is 24.2 Å². The summed E-state index contributed by atoms with van der Waals surface area (Å²) in [5, 5.41) is 5.73. The van der Waals surface area contributed by atoms with Crippen LogP contribution in [0, 0.1) is 0 Å². The highest BCUT2D eigenvalue weighted by Gasteiger charge is 2.38. The summed E-state index contributed by atoms with van der Waals surface area (Å²) in [5.74, 6) is -1.57. The number of aromatic nitrogens is 3. The van der Waals surface area contributed by atoms with E-state index in [0.717, 1.165) is 0 Å². The number of anilines is 1. The van der Waals surface area contributed by atoms with Crippen LogP contribution in [-0.4, -0.2) is 21.0 Å². The maximum atomic E-state index is 12.3. The first-order chi connectivity index (χ1) is 9.40. The first-order valence-corrected chi connectivity index (χ1v) is 5.57. The van der Waals surface area contributed by atoms with Crippen molar-refractivity contribution in [2.75, 3.05) is 5.32 Å². The lowest BCUT2D eigenvalue weighted by Crippen LogP contribution is -2.10. The van der Waals surface area contributed by atoms with E-state index in [9.17, 15) is 18.0 Å². The van der Waals surface area contributed by atoms with Crippen LogP contribution >= 0.6 is 0 Å². The van der Waals surface area contributed by atoms with Crippen LogP contribution in [0.15, 0.2) is 22.9 Å². The zero-order valence-corrected chi connectivity index (χ0v) is 10.2. The lowest BCUT2D eigenvalue weighted by Gasteiger charge is -2.02. The van der Waals surface area contributed by atoms with Crippen molar-refractivity contribution in [2.24, 2.45) is 0 Å². The second-order valence-electron chi connectivity index (χ2n) is 3.75. The molecule has 0 atom stereocenters. The molecule has 1 amide bonds. The van der Waals surface area contributed by atoms with Gasteiger partial charge in [-0.3, -0.25) is 4.79 Å². The van der Waals surface area contributed by atoms with Gasteiger partial charge in [-0.05, 0) is 12.1 Å². The lowest BCUT2D eigenvalue weighted by molar-refractivity contribution is -0.159. The molecule has 0 bridgehead atoms. The van der Waals surface area contributed by atoms with Crippen molar-refractivity contribution < 1.29 is 22.5 Å². The van der Waals surface area contributed by atoms with E-state index in [-0.39, 0.29) is 17.3 Å². The first kappa shape index (κ1) is 14.0. The molecule has 0 unspecified atom stereocenters. The van der Waals surface area contributed by atoms with Gasteiger partial charge in [0.2, 0.25) is 11.7 Å². The average Bonchev–Trinajstić information content (AvgIpc) is 2.89. The number of carbonyl (C=O) groups excluding carboxylic acids is 1. The van der Waals surface area contributed by atoms with Gasteiger partial charge in [-0.1, -0.05) is 12.1 Å². The molecular formula is C11H9F3N4O2. The Labute approximate surface area is 111 Å². The number of rotatable bonds is 3. The molecular weight excluding hydrogens is 277 g/mol. The predicted octanol–water partition coefficient (Wildman–Crippen LogP) is 2.50. The van der Waals surface area contributed by atoms with E-state index >= 15 is 0 Å². The van der Waals surface area contributed by atoms with E-state index in [4.69, 9.17) is 0 Å². The van der Waals surface area contributed by atoms with E-state index in [1.165, 1.54) is 18.3 Å². The Hall–Kier alpha value is -2.45. The van der Waals surface area contributed by atoms with Crippen molar-refractivity contribution in [1.29, 1.82) is 0 Å². The third-order valence-corrected chi connectivity index (χ3v) is 2.28. The number of hydrogen-bond acceptors (Lipinski definition) is 5. The van der Waals surface area contributed by atoms with Gasteiger partial charge >= 0.3 is 12.1 Å². The zero-order valence-electron chi connectivity index (χ0n) is 10.2. The summed E-state index contributed by atoms with van der Waals surface area (Å²) in [4.78, 5) is 18.2. The van der Waals surface area contributed by atoms with Crippen LogP contribution in [0.25, 0.3) is 11.4 Å². The van der Waals surface area contributed by atoms with Crippen LogP contribution in [0.1, 0.15) is 19.2 Å². The molecule has 106 valence electrons. The number of pyridine rings is 1. The number of halogens is 3. The molecule has 0 spiro atoms. The van der Waals surface area contributed by atoms with Crippen LogP contribution in [0.4, 0.5) is 19.0 Å². The SMILES string of the molecule is CCC(=O)Nc1ccc(-c2noc(C(F)(F)F)n2)cn1. The standard InChI is InChI=1S/C11H9F3N4O2/c1-2-8(19)16-7-4-3-6(5-15-7)9-17-10(20-18-9)11(12,13)14/h3-5H,2H2,1H3,(H,15,16,19). The Kier molecular flexibility index (Phi) is 3.68. The van der Waals surface area contributed by atoms with Gasteiger partial charge in [0.05, 0.1) is 0 Å². The van der Waals surface area contributed by atoms with Gasteiger partial charge in [0, 0.05) is 18.2 Å². The van der Waals surface area contributed by atoms with Crippen molar-refractivity contribution >= 4 is 11.7 Å². The van der Waals surface area contributed by atoms with Crippen LogP contribution < -0.4 is 5.32 Å². The normalized spacial score (nSPS) is 11.4. The van der Waals surface area contributed by atoms with E-state index in [1.807, 2.05) is 0 Å². The molecule has 0 saturated heterocycles. The Bertz CT molecular complexity index is 607. The Morgan fingerprint density at radius 1 is 1.40 bits per heavy atom. The highest BCUT2D eigenvalue weighted by Crippen LogP contribution is 2.29. The molecule has 1 N–H and O–H groups in total. The number of alkyl halides is 3. The maximum Gasteiger partial charge on any atom is 0.471 e. The average molecular weight is 286 g/mol. The predicted molar refractivity (Wildman–Crippen MR) is 61.5 cm³/mol. The molecule has 6 nitrogen and oxygen atoms in total. The van der Waals surface area contributed by atoms with E-state index in [2.05, 4.69) is 25.0 Å². The smallest absolute Gasteiger partial charge is 0.329 e. The number of amides is 1. The molecule has 0 aromatic carbocycles. The van der Waals surface area contributed by atoms with Gasteiger partial charge in [0.15, 0.2) is 0 Å². The van der Waals surface area contributed by atoms with Crippen LogP contribution in [0.5, 0.6) is 0 Å². The molecule has 0 radical (unpaired) electrons. The monoisotopic (exact) mass is 286 g/mol. The second kappa shape index (κ2) is 5.27. The zero-order chi connectivity index (χ0) is 14.8. The summed E-state index contributed by atoms with van der Waals surface area (Å²) in [7, 11) is 0. The summed E-state index contributed by atoms with van der Waals surface area (Å²) in [6, 6.07) is 2.87. The second-order valence-corrected chi connectivity index (χ2v) is 3.75. The van der Waals surface area contributed by atoms with Crippen LogP contribution in [0.2, 0.25) is 0 Å². The molecule has 0 aliphatic heterocycles. The topological polar surface area (TPSA) is 80.9 Å². The minimum atomic E-state index is -4.69. The van der Waals surface area contributed by atoms with Gasteiger partial charge in [0.25, 0.3) is 0 Å². The van der Waals surface area contributed by atoms with E-state index < -0.39 is 12.1 Å². The fourth-order valence-electron chi connectivity index (χ4n) is 1.29. The Morgan fingerprint density at radius 2 is 2.15 bits per heavy atom. The number of nitrogens with zero attached hydrogens (tertiary/aromatic N) is 3. The number of hydrogen-bond donors (Lipinski definition) is 1. The van der Waals surface area contributed by atoms with Gasteiger partial charge < -0.3 is 9.84 Å². The third kappa shape index (κ3) is 3.11. The molecule has 2 heterocycles. The Balaban J connectivity index is 2.18. The van der Waals surface area contributed by atoms with Gasteiger partial charge in [-0.2, -0.15) is 18.2 Å². The van der Waals surface area contributed by atoms with Crippen molar-refractivity contribution in [2.45, 2.75) is 19.5 Å². The molecule has 2 rings (SSSR count). The van der Waals surface area contributed by atoms with Gasteiger partial charge in [0.1, 0.15) is 5.82 Å². The molecule has 0 fully saturated rings. The third-order valence-electron chi connectivity index (χ3n) is 2.28. The number of carbonyl (C=O) groups is 1. The minimum absolute atomic E-state index is 0.218. The molecule has 9 heteroatoms. The maximum absolute atomic E-state index is 12.3. The fourth-order valence-corrected chi connectivity index (χ4v) is 1.29. The van der Waals surface area contributed by atoms with E-state index in [0.29, 0.717) is 12.2 Å². The first-order valence-electron chi connectivity index (χ1n) is 5.57. The molecule has 2 aromatic rings. The molecule has 0 aliphatic rings. The van der Waals surface area contributed by atoms with Gasteiger partial charge in [-0.15, -0.1) is 0 Å². The molecule has 0 aliphatic carbocycles. The largest absolute Gasteiger partial charge is 0.471 e. The summed E-state index contributed by atoms with van der Waals surface area (Å²) < 4.78 is 41.0. The van der Waals surface area contributed by atoms with Crippen molar-refractivity contribution in [3.63, 3.8) is 0 Å². The van der Waals surface area contributed by atoms with Crippen LogP contribution in [-0.2, 0) is 11.0 Å². The highest BCUT2D eigenvalue weighted by molar-refractivity contribution is 5.89. The number of nitrogens with one attached hydrogen (secondary N) is 1. The minimum Gasteiger partial charge on any atom is -0.329 e. The lowest BCUT2D eigenvalue weighted by atomic mass is 10.2. The van der Waals surface area contributed by atoms with Crippen molar-refractivity contribution in [1.82, 2.24) is 15.1 Å². The summed E-state index contributed by atoms with van der Waals surface area (Å²) in [5.41, 5.74) is 0.249. The molecule has 20 heavy (non-hydrogen) atoms.